The molecule has 0 aromatic heterocycles. The maximum Gasteiger partial charge on any atom is 0.265 e. The van der Waals surface area contributed by atoms with Crippen LogP contribution in [-0.4, -0.2) is 10.8 Å². The van der Waals surface area contributed by atoms with E-state index in [0.29, 0.717) is 6.20 Å². The number of fused-ring (bicyclic) bond motifs is 1. The van der Waals surface area contributed by atoms with E-state index >= 15 is 0 Å². The second-order valence-corrected chi connectivity index (χ2v) is 4.84. The van der Waals surface area contributed by atoms with Gasteiger partial charge in [-0.05, 0) is 11.6 Å². The summed E-state index contributed by atoms with van der Waals surface area (Å²) in [6.45, 7) is 0.155. The lowest BCUT2D eigenvalue weighted by Gasteiger charge is -2.17. The van der Waals surface area contributed by atoms with Crippen LogP contribution in [0.2, 0.25) is 0 Å². The summed E-state index contributed by atoms with van der Waals surface area (Å²) in [6, 6.07) is 13.3. The summed E-state index contributed by atoms with van der Waals surface area (Å²) in [5, 5.41) is 10.7. The average Bonchev–Trinajstić information content (AvgIpc) is 2.75. The normalized spacial score (nSPS) is 15.2. The van der Waals surface area contributed by atoms with Crippen molar-refractivity contribution in [2.45, 2.75) is 6.54 Å². The van der Waals surface area contributed by atoms with Crippen molar-refractivity contribution in [2.24, 2.45) is 0 Å². The molecule has 22 heavy (non-hydrogen) atoms. The van der Waals surface area contributed by atoms with E-state index < -0.39 is 16.6 Å². The van der Waals surface area contributed by atoms with Crippen LogP contribution in [-0.2, 0) is 11.3 Å². The Morgan fingerprint density at radius 3 is 2.55 bits per heavy atom. The Morgan fingerprint density at radius 2 is 1.86 bits per heavy atom. The summed E-state index contributed by atoms with van der Waals surface area (Å²) in [7, 11) is 0. The van der Waals surface area contributed by atoms with E-state index in [1.165, 1.54) is 23.1 Å². The zero-order valence-corrected chi connectivity index (χ0v) is 11.4. The van der Waals surface area contributed by atoms with Gasteiger partial charge in [-0.3, -0.25) is 14.9 Å². The van der Waals surface area contributed by atoms with Crippen molar-refractivity contribution in [2.75, 3.05) is 4.90 Å². The molecule has 0 N–H and O–H groups in total. The largest absolute Gasteiger partial charge is 0.300 e. The first-order chi connectivity index (χ1) is 10.6. The number of nitrogens with zero attached hydrogens (tertiary/aromatic N) is 2. The quantitative estimate of drug-likeness (QED) is 0.497. The Kier molecular flexibility index (Phi) is 3.42. The molecule has 0 fully saturated rings. The first-order valence-electron chi connectivity index (χ1n) is 6.58. The number of halogens is 1. The first kappa shape index (κ1) is 13.9. The molecule has 0 aliphatic carbocycles. The second kappa shape index (κ2) is 5.40. The molecule has 2 aromatic carbocycles. The third kappa shape index (κ3) is 2.35. The highest BCUT2D eigenvalue weighted by Crippen LogP contribution is 2.39. The van der Waals surface area contributed by atoms with Crippen molar-refractivity contribution in [1.82, 2.24) is 0 Å². The van der Waals surface area contributed by atoms with E-state index in [2.05, 4.69) is 0 Å². The summed E-state index contributed by atoms with van der Waals surface area (Å²) in [4.78, 5) is 23.7. The highest BCUT2D eigenvalue weighted by Gasteiger charge is 2.36. The topological polar surface area (TPSA) is 63.4 Å². The third-order valence-electron chi connectivity index (χ3n) is 3.44. The van der Waals surface area contributed by atoms with E-state index in [0.717, 1.165) is 5.56 Å². The fourth-order valence-electron chi connectivity index (χ4n) is 2.52. The van der Waals surface area contributed by atoms with Gasteiger partial charge in [0.05, 0.1) is 17.2 Å². The maximum absolute atomic E-state index is 14.1. The smallest absolute Gasteiger partial charge is 0.265 e. The Morgan fingerprint density at radius 1 is 1.14 bits per heavy atom. The number of para-hydroxylation sites is 1. The predicted molar refractivity (Wildman–Crippen MR) is 79.0 cm³/mol. The number of rotatable bonds is 3. The zero-order chi connectivity index (χ0) is 15.7. The fourth-order valence-corrected chi connectivity index (χ4v) is 2.52. The predicted octanol–water partition coefficient (Wildman–Crippen LogP) is 2.99. The number of benzene rings is 2. The van der Waals surface area contributed by atoms with Crippen LogP contribution in [0.3, 0.4) is 0 Å². The Bertz CT molecular complexity index is 787. The molecule has 5 nitrogen and oxygen atoms in total. The molecule has 0 bridgehead atoms. The second-order valence-electron chi connectivity index (χ2n) is 4.84. The van der Waals surface area contributed by atoms with Crippen molar-refractivity contribution in [3.05, 3.63) is 81.8 Å². The minimum Gasteiger partial charge on any atom is -0.300 e. The Hall–Kier alpha value is -3.02. The van der Waals surface area contributed by atoms with Crippen LogP contribution in [0.4, 0.5) is 10.1 Å². The van der Waals surface area contributed by atoms with Gasteiger partial charge in [-0.25, -0.2) is 4.39 Å². The minimum atomic E-state index is -0.700. The first-order valence-corrected chi connectivity index (χ1v) is 6.58. The van der Waals surface area contributed by atoms with E-state index in [-0.39, 0.29) is 23.4 Å². The van der Waals surface area contributed by atoms with Crippen LogP contribution < -0.4 is 4.90 Å². The summed E-state index contributed by atoms with van der Waals surface area (Å²) < 4.78 is 14.1. The van der Waals surface area contributed by atoms with E-state index in [1.807, 2.05) is 30.3 Å². The van der Waals surface area contributed by atoms with Crippen molar-refractivity contribution < 1.29 is 14.1 Å². The van der Waals surface area contributed by atoms with E-state index in [4.69, 9.17) is 0 Å². The van der Waals surface area contributed by atoms with E-state index in [9.17, 15) is 19.3 Å². The summed E-state index contributed by atoms with van der Waals surface area (Å²) in [5.74, 6) is -1.14. The minimum absolute atomic E-state index is 0.0875. The molecule has 0 radical (unpaired) electrons. The molecule has 1 heterocycles. The number of amides is 1. The summed E-state index contributed by atoms with van der Waals surface area (Å²) in [6.07, 6.45) is 0.631. The van der Waals surface area contributed by atoms with Gasteiger partial charge in [-0.1, -0.05) is 42.5 Å². The van der Waals surface area contributed by atoms with Crippen LogP contribution in [0.5, 0.6) is 0 Å². The maximum atomic E-state index is 14.1. The van der Waals surface area contributed by atoms with Crippen molar-refractivity contribution in [3.8, 4) is 0 Å². The lowest BCUT2D eigenvalue weighted by atomic mass is 10.1. The molecular weight excluding hydrogens is 287 g/mol. The SMILES string of the molecule is O=C1C(=C[N+](=O)[O-])c2cccc(F)c2N1Cc1ccccc1. The highest BCUT2D eigenvalue weighted by atomic mass is 19.1. The van der Waals surface area contributed by atoms with Gasteiger partial charge >= 0.3 is 0 Å². The van der Waals surface area contributed by atoms with Crippen LogP contribution in [0.1, 0.15) is 11.1 Å². The average molecular weight is 298 g/mol. The van der Waals surface area contributed by atoms with Crippen LogP contribution in [0.15, 0.2) is 54.7 Å². The molecule has 0 saturated heterocycles. The Balaban J connectivity index is 2.09. The molecule has 1 amide bonds. The van der Waals surface area contributed by atoms with Gasteiger partial charge in [0.15, 0.2) is 0 Å². The molecule has 0 saturated carbocycles. The van der Waals surface area contributed by atoms with Gasteiger partial charge in [-0.2, -0.15) is 0 Å². The number of hydrogen-bond donors (Lipinski definition) is 0. The van der Waals surface area contributed by atoms with Gasteiger partial charge in [0.2, 0.25) is 6.20 Å². The summed E-state index contributed by atoms with van der Waals surface area (Å²) >= 11 is 0. The molecule has 1 aliphatic rings. The molecule has 2 aromatic rings. The van der Waals surface area contributed by atoms with Crippen molar-refractivity contribution in [1.29, 1.82) is 0 Å². The molecule has 0 spiro atoms. The van der Waals surface area contributed by atoms with Gasteiger partial charge < -0.3 is 4.90 Å². The van der Waals surface area contributed by atoms with Crippen LogP contribution in [0.25, 0.3) is 5.57 Å². The lowest BCUT2D eigenvalue weighted by molar-refractivity contribution is -0.401. The summed E-state index contributed by atoms with van der Waals surface area (Å²) in [5.41, 5.74) is 1.05. The molecule has 0 atom stereocenters. The molecular formula is C16H11FN2O3. The monoisotopic (exact) mass is 298 g/mol. The number of nitro groups is 1. The molecule has 1 aliphatic heterocycles. The molecule has 0 unspecified atom stereocenters. The zero-order valence-electron chi connectivity index (χ0n) is 11.4. The van der Waals surface area contributed by atoms with Gasteiger partial charge in [-0.15, -0.1) is 0 Å². The van der Waals surface area contributed by atoms with Crippen molar-refractivity contribution in [3.63, 3.8) is 0 Å². The van der Waals surface area contributed by atoms with E-state index in [1.54, 1.807) is 0 Å². The van der Waals surface area contributed by atoms with Gasteiger partial charge in [0, 0.05) is 5.56 Å². The number of carbonyl (C=O) groups excluding carboxylic acids is 1. The van der Waals surface area contributed by atoms with Crippen LogP contribution in [0, 0.1) is 15.9 Å². The standard InChI is InChI=1S/C16H11FN2O3/c17-14-8-4-7-12-13(10-19(21)22)16(20)18(15(12)14)9-11-5-2-1-3-6-11/h1-8,10H,9H2. The number of anilines is 1. The number of hydrogen-bond acceptors (Lipinski definition) is 3. The number of carbonyl (C=O) groups is 1. The molecule has 110 valence electrons. The lowest BCUT2D eigenvalue weighted by Crippen LogP contribution is -2.26. The third-order valence-corrected chi connectivity index (χ3v) is 3.44. The van der Waals surface area contributed by atoms with Crippen molar-refractivity contribution >= 4 is 17.2 Å². The fraction of sp³-hybridized carbons (Fsp3) is 0.0625. The molecule has 3 rings (SSSR count). The molecule has 6 heteroatoms. The highest BCUT2D eigenvalue weighted by molar-refractivity contribution is 6.32. The van der Waals surface area contributed by atoms with Gasteiger partial charge in [0.25, 0.3) is 5.91 Å². The van der Waals surface area contributed by atoms with Crippen LogP contribution >= 0.6 is 0 Å². The Labute approximate surface area is 125 Å². The van der Waals surface area contributed by atoms with Gasteiger partial charge in [0.1, 0.15) is 11.4 Å².